The largest absolute Gasteiger partial charge is 0.497 e. The summed E-state index contributed by atoms with van der Waals surface area (Å²) >= 11 is 0. The number of methoxy groups -OCH3 is 2. The van der Waals surface area contributed by atoms with Crippen molar-refractivity contribution < 1.29 is 19.1 Å². The van der Waals surface area contributed by atoms with E-state index in [1.54, 1.807) is 44.6 Å². The first kappa shape index (κ1) is 20.8. The Balaban J connectivity index is 1.65. The molecule has 0 saturated heterocycles. The minimum absolute atomic E-state index is 0.339. The molecule has 2 amide bonds. The third-order valence-electron chi connectivity index (χ3n) is 6.19. The van der Waals surface area contributed by atoms with Crippen molar-refractivity contribution >= 4 is 23.1 Å². The van der Waals surface area contributed by atoms with Crippen molar-refractivity contribution in [3.63, 3.8) is 0 Å². The molecule has 0 saturated carbocycles. The topological polar surface area (TPSA) is 59.1 Å². The standard InChI is InChI=1S/C27H24N2O4/c1-32-21-11-7-10-20(16-21)29-26(30)24(22-12-5-6-13-23(22)33-2)25(27(29)31)28-15-14-18-8-3-4-9-19(18)17-28/h3-13,16H,14-15,17H2,1-2H3. The number of anilines is 1. The van der Waals surface area contributed by atoms with Gasteiger partial charge in [0.05, 0.1) is 25.5 Å². The average Bonchev–Trinajstić information content (AvgIpc) is 3.13. The Morgan fingerprint density at radius 2 is 1.55 bits per heavy atom. The van der Waals surface area contributed by atoms with Gasteiger partial charge < -0.3 is 14.4 Å². The number of carbonyl (C=O) groups is 2. The van der Waals surface area contributed by atoms with Crippen molar-refractivity contribution in [3.8, 4) is 11.5 Å². The molecule has 0 N–H and O–H groups in total. The fourth-order valence-corrected chi connectivity index (χ4v) is 4.58. The summed E-state index contributed by atoms with van der Waals surface area (Å²) in [5, 5.41) is 0. The molecule has 0 aromatic heterocycles. The van der Waals surface area contributed by atoms with Crippen LogP contribution in [0.25, 0.3) is 5.57 Å². The second-order valence-corrected chi connectivity index (χ2v) is 8.01. The molecule has 0 unspecified atom stereocenters. The summed E-state index contributed by atoms with van der Waals surface area (Å²) < 4.78 is 10.9. The lowest BCUT2D eigenvalue weighted by Gasteiger charge is -2.31. The van der Waals surface area contributed by atoms with Gasteiger partial charge in [-0.3, -0.25) is 9.59 Å². The molecule has 5 rings (SSSR count). The second kappa shape index (κ2) is 8.47. The molecule has 0 spiro atoms. The van der Waals surface area contributed by atoms with Crippen molar-refractivity contribution in [2.24, 2.45) is 0 Å². The maximum atomic E-state index is 13.8. The quantitative estimate of drug-likeness (QED) is 0.561. The summed E-state index contributed by atoms with van der Waals surface area (Å²) in [6.45, 7) is 1.21. The molecule has 2 aliphatic rings. The van der Waals surface area contributed by atoms with Gasteiger partial charge in [-0.1, -0.05) is 48.5 Å². The summed E-state index contributed by atoms with van der Waals surface area (Å²) in [7, 11) is 3.12. The van der Waals surface area contributed by atoms with E-state index in [0.717, 1.165) is 12.0 Å². The SMILES string of the molecule is COc1cccc(N2C(=O)C(c3ccccc3OC)=C(N3CCc4ccccc4C3)C2=O)c1. The average molecular weight is 440 g/mol. The Hall–Kier alpha value is -4.06. The number of benzene rings is 3. The van der Waals surface area contributed by atoms with E-state index < -0.39 is 0 Å². The fraction of sp³-hybridized carbons (Fsp3) is 0.185. The molecular formula is C27H24N2O4. The van der Waals surface area contributed by atoms with Gasteiger partial charge in [-0.25, -0.2) is 4.90 Å². The van der Waals surface area contributed by atoms with Crippen LogP contribution in [0.5, 0.6) is 11.5 Å². The Morgan fingerprint density at radius 1 is 0.788 bits per heavy atom. The predicted molar refractivity (Wildman–Crippen MR) is 126 cm³/mol. The van der Waals surface area contributed by atoms with E-state index in [0.29, 0.717) is 47.1 Å². The van der Waals surface area contributed by atoms with E-state index >= 15 is 0 Å². The van der Waals surface area contributed by atoms with Crippen molar-refractivity contribution in [2.75, 3.05) is 25.7 Å². The van der Waals surface area contributed by atoms with Gasteiger partial charge in [-0.05, 0) is 35.7 Å². The molecule has 6 nitrogen and oxygen atoms in total. The first-order valence-corrected chi connectivity index (χ1v) is 10.8. The highest BCUT2D eigenvalue weighted by molar-refractivity contribution is 6.45. The van der Waals surface area contributed by atoms with Gasteiger partial charge in [0.1, 0.15) is 17.2 Å². The van der Waals surface area contributed by atoms with Gasteiger partial charge in [-0.15, -0.1) is 0 Å². The molecular weight excluding hydrogens is 416 g/mol. The number of hydrogen-bond acceptors (Lipinski definition) is 5. The van der Waals surface area contributed by atoms with Gasteiger partial charge >= 0.3 is 0 Å². The van der Waals surface area contributed by atoms with Crippen LogP contribution in [0.3, 0.4) is 0 Å². The van der Waals surface area contributed by atoms with Crippen molar-refractivity contribution in [1.29, 1.82) is 0 Å². The summed E-state index contributed by atoms with van der Waals surface area (Å²) in [5.74, 6) is 0.420. The number of ether oxygens (including phenoxy) is 2. The van der Waals surface area contributed by atoms with Gasteiger partial charge in [0.25, 0.3) is 11.8 Å². The Labute approximate surface area is 192 Å². The van der Waals surface area contributed by atoms with E-state index in [4.69, 9.17) is 9.47 Å². The molecule has 0 aliphatic carbocycles. The number of rotatable bonds is 5. The molecule has 6 heteroatoms. The van der Waals surface area contributed by atoms with Crippen LogP contribution in [-0.2, 0) is 22.6 Å². The zero-order valence-electron chi connectivity index (χ0n) is 18.6. The summed E-state index contributed by atoms with van der Waals surface area (Å²) in [6.07, 6.45) is 0.805. The minimum Gasteiger partial charge on any atom is -0.497 e. The first-order chi connectivity index (χ1) is 16.1. The molecule has 0 bridgehead atoms. The van der Waals surface area contributed by atoms with Crippen LogP contribution in [0, 0.1) is 0 Å². The van der Waals surface area contributed by atoms with E-state index in [1.807, 2.05) is 35.2 Å². The normalized spacial score (nSPS) is 15.7. The van der Waals surface area contributed by atoms with E-state index in [9.17, 15) is 9.59 Å². The molecule has 33 heavy (non-hydrogen) atoms. The van der Waals surface area contributed by atoms with Crippen LogP contribution in [0.15, 0.2) is 78.5 Å². The molecule has 0 radical (unpaired) electrons. The predicted octanol–water partition coefficient (Wildman–Crippen LogP) is 4.05. The summed E-state index contributed by atoms with van der Waals surface area (Å²) in [5.41, 5.74) is 4.29. The van der Waals surface area contributed by atoms with E-state index in [1.165, 1.54) is 10.5 Å². The lowest BCUT2D eigenvalue weighted by molar-refractivity contribution is -0.120. The number of hydrogen-bond donors (Lipinski definition) is 0. The lowest BCUT2D eigenvalue weighted by Crippen LogP contribution is -2.37. The number of para-hydroxylation sites is 1. The number of nitrogens with zero attached hydrogens (tertiary/aromatic N) is 2. The van der Waals surface area contributed by atoms with Crippen molar-refractivity contribution in [3.05, 3.63) is 95.2 Å². The van der Waals surface area contributed by atoms with Gasteiger partial charge in [0.2, 0.25) is 0 Å². The zero-order valence-corrected chi connectivity index (χ0v) is 18.6. The molecule has 166 valence electrons. The van der Waals surface area contributed by atoms with Crippen LogP contribution in [0.2, 0.25) is 0 Å². The number of carbonyl (C=O) groups excluding carboxylic acids is 2. The number of fused-ring (bicyclic) bond motifs is 1. The summed E-state index contributed by atoms with van der Waals surface area (Å²) in [4.78, 5) is 30.9. The van der Waals surface area contributed by atoms with Crippen LogP contribution < -0.4 is 14.4 Å². The smallest absolute Gasteiger partial charge is 0.282 e. The highest BCUT2D eigenvalue weighted by Gasteiger charge is 2.44. The monoisotopic (exact) mass is 440 g/mol. The van der Waals surface area contributed by atoms with Crippen LogP contribution >= 0.6 is 0 Å². The van der Waals surface area contributed by atoms with Gasteiger partial charge in [0, 0.05) is 24.7 Å². The Bertz CT molecular complexity index is 1280. The third kappa shape index (κ3) is 3.53. The Kier molecular flexibility index (Phi) is 5.34. The highest BCUT2D eigenvalue weighted by Crippen LogP contribution is 2.40. The van der Waals surface area contributed by atoms with Crippen molar-refractivity contribution in [2.45, 2.75) is 13.0 Å². The van der Waals surface area contributed by atoms with Crippen LogP contribution in [0.1, 0.15) is 16.7 Å². The number of imide groups is 1. The zero-order chi connectivity index (χ0) is 22.9. The molecule has 0 fully saturated rings. The van der Waals surface area contributed by atoms with Gasteiger partial charge in [0.15, 0.2) is 0 Å². The first-order valence-electron chi connectivity index (χ1n) is 10.8. The fourth-order valence-electron chi connectivity index (χ4n) is 4.58. The highest BCUT2D eigenvalue weighted by atomic mass is 16.5. The summed E-state index contributed by atoms with van der Waals surface area (Å²) in [6, 6.07) is 22.5. The number of amides is 2. The molecule has 3 aromatic carbocycles. The minimum atomic E-state index is -0.369. The second-order valence-electron chi connectivity index (χ2n) is 8.01. The maximum absolute atomic E-state index is 13.8. The molecule has 2 heterocycles. The van der Waals surface area contributed by atoms with Crippen molar-refractivity contribution in [1.82, 2.24) is 4.90 Å². The van der Waals surface area contributed by atoms with Gasteiger partial charge in [-0.2, -0.15) is 0 Å². The van der Waals surface area contributed by atoms with E-state index in [2.05, 4.69) is 12.1 Å². The Morgan fingerprint density at radius 3 is 2.33 bits per heavy atom. The molecule has 0 atom stereocenters. The van der Waals surface area contributed by atoms with Crippen LogP contribution in [0.4, 0.5) is 5.69 Å². The third-order valence-corrected chi connectivity index (χ3v) is 6.19. The maximum Gasteiger partial charge on any atom is 0.282 e. The van der Waals surface area contributed by atoms with E-state index in [-0.39, 0.29) is 11.8 Å². The molecule has 3 aromatic rings. The molecule has 2 aliphatic heterocycles. The van der Waals surface area contributed by atoms with Crippen LogP contribution in [-0.4, -0.2) is 37.5 Å². The lowest BCUT2D eigenvalue weighted by atomic mass is 9.97.